The quantitative estimate of drug-likeness (QED) is 0.342. The van der Waals surface area contributed by atoms with Crippen LogP contribution in [-0.4, -0.2) is 55.5 Å². The predicted octanol–water partition coefficient (Wildman–Crippen LogP) is 1.82. The van der Waals surface area contributed by atoms with Crippen molar-refractivity contribution < 1.29 is 4.48 Å². The monoisotopic (exact) mass is 228 g/mol. The maximum Gasteiger partial charge on any atom is 0.0780 e. The van der Waals surface area contributed by atoms with E-state index < -0.39 is 0 Å². The van der Waals surface area contributed by atoms with Gasteiger partial charge in [-0.3, -0.25) is 0 Å². The lowest BCUT2D eigenvalue weighted by molar-refractivity contribution is -0.870. The standard InChI is InChI=1S/C12H28N2Si/c1-14(2,3)11-7-5-4-6-9-13-10-8-12-15/h13H,4-12H2,1-3H3/q+1. The molecular formula is C12H28N2Si+. The molecule has 89 valence electrons. The highest BCUT2D eigenvalue weighted by atomic mass is 28.1. The van der Waals surface area contributed by atoms with E-state index in [1.807, 2.05) is 0 Å². The van der Waals surface area contributed by atoms with Crippen LogP contribution in [0.1, 0.15) is 32.1 Å². The third-order valence-electron chi connectivity index (χ3n) is 2.46. The van der Waals surface area contributed by atoms with Crippen molar-refractivity contribution in [2.75, 3.05) is 40.8 Å². The van der Waals surface area contributed by atoms with Crippen LogP contribution in [-0.2, 0) is 0 Å². The lowest BCUT2D eigenvalue weighted by Gasteiger charge is -2.23. The van der Waals surface area contributed by atoms with Crippen LogP contribution >= 0.6 is 0 Å². The van der Waals surface area contributed by atoms with Crippen LogP contribution in [0.25, 0.3) is 0 Å². The zero-order valence-corrected chi connectivity index (χ0v) is 11.8. The van der Waals surface area contributed by atoms with Crippen molar-refractivity contribution in [2.45, 2.75) is 38.1 Å². The van der Waals surface area contributed by atoms with Gasteiger partial charge in [0, 0.05) is 10.2 Å². The van der Waals surface area contributed by atoms with Crippen LogP contribution in [0.15, 0.2) is 0 Å². The fraction of sp³-hybridized carbons (Fsp3) is 1.00. The third kappa shape index (κ3) is 14.1. The second-order valence-corrected chi connectivity index (χ2v) is 5.78. The van der Waals surface area contributed by atoms with Crippen LogP contribution < -0.4 is 5.32 Å². The van der Waals surface area contributed by atoms with Crippen LogP contribution in [0, 0.1) is 0 Å². The highest BCUT2D eigenvalue weighted by Gasteiger charge is 2.04. The maximum absolute atomic E-state index is 3.47. The Morgan fingerprint density at radius 2 is 1.47 bits per heavy atom. The first-order valence-corrected chi connectivity index (χ1v) is 6.93. The summed E-state index contributed by atoms with van der Waals surface area (Å²) in [4.78, 5) is 0. The molecule has 0 fully saturated rings. The van der Waals surface area contributed by atoms with Crippen molar-refractivity contribution in [1.29, 1.82) is 0 Å². The first kappa shape index (κ1) is 15.1. The molecule has 0 aromatic heterocycles. The van der Waals surface area contributed by atoms with Gasteiger partial charge in [0.2, 0.25) is 0 Å². The molecule has 15 heavy (non-hydrogen) atoms. The van der Waals surface area contributed by atoms with Crippen molar-refractivity contribution in [3.05, 3.63) is 0 Å². The Labute approximate surface area is 99.4 Å². The third-order valence-corrected chi connectivity index (χ3v) is 2.82. The predicted molar refractivity (Wildman–Crippen MR) is 69.4 cm³/mol. The van der Waals surface area contributed by atoms with Crippen molar-refractivity contribution in [3.63, 3.8) is 0 Å². The Morgan fingerprint density at radius 1 is 0.867 bits per heavy atom. The zero-order valence-electron chi connectivity index (χ0n) is 10.8. The summed E-state index contributed by atoms with van der Waals surface area (Å²) in [5.41, 5.74) is 0. The van der Waals surface area contributed by atoms with Gasteiger partial charge in [-0.25, -0.2) is 0 Å². The van der Waals surface area contributed by atoms with Gasteiger partial charge < -0.3 is 9.80 Å². The van der Waals surface area contributed by atoms with E-state index in [2.05, 4.69) is 36.7 Å². The summed E-state index contributed by atoms with van der Waals surface area (Å²) in [6, 6.07) is 1.11. The van der Waals surface area contributed by atoms with Crippen LogP contribution in [0.4, 0.5) is 0 Å². The van der Waals surface area contributed by atoms with Gasteiger partial charge in [-0.15, -0.1) is 0 Å². The zero-order chi connectivity index (χ0) is 11.6. The fourth-order valence-electron chi connectivity index (χ4n) is 1.53. The highest BCUT2D eigenvalue weighted by molar-refractivity contribution is 6.08. The maximum atomic E-state index is 3.47. The molecule has 0 rings (SSSR count). The highest BCUT2D eigenvalue weighted by Crippen LogP contribution is 2.02. The summed E-state index contributed by atoms with van der Waals surface area (Å²) < 4.78 is 1.10. The summed E-state index contributed by atoms with van der Waals surface area (Å²) in [6.07, 6.45) is 6.69. The van der Waals surface area contributed by atoms with E-state index in [0.29, 0.717) is 0 Å². The molecule has 0 spiro atoms. The molecule has 0 aliphatic rings. The fourth-order valence-corrected chi connectivity index (χ4v) is 1.70. The summed E-state index contributed by atoms with van der Waals surface area (Å²) >= 11 is 0. The number of hydrogen-bond acceptors (Lipinski definition) is 1. The van der Waals surface area contributed by atoms with Gasteiger partial charge in [-0.1, -0.05) is 12.5 Å². The summed E-state index contributed by atoms with van der Waals surface area (Å²) in [5.74, 6) is 0. The average molecular weight is 228 g/mol. The number of nitrogens with one attached hydrogen (secondary N) is 1. The summed E-state index contributed by atoms with van der Waals surface area (Å²) in [6.45, 7) is 3.65. The number of rotatable bonds is 10. The van der Waals surface area contributed by atoms with E-state index in [1.54, 1.807) is 0 Å². The molecule has 0 aliphatic heterocycles. The normalized spacial score (nSPS) is 12.0. The minimum atomic E-state index is 1.10. The molecule has 0 aromatic carbocycles. The molecule has 0 unspecified atom stereocenters. The van der Waals surface area contributed by atoms with Gasteiger partial charge >= 0.3 is 0 Å². The minimum absolute atomic E-state index is 1.10. The van der Waals surface area contributed by atoms with Crippen LogP contribution in [0.5, 0.6) is 0 Å². The molecule has 0 bridgehead atoms. The smallest absolute Gasteiger partial charge is 0.0780 e. The van der Waals surface area contributed by atoms with Gasteiger partial charge in [0.05, 0.1) is 27.7 Å². The van der Waals surface area contributed by atoms with Crippen molar-refractivity contribution in [1.82, 2.24) is 5.32 Å². The van der Waals surface area contributed by atoms with Gasteiger partial charge in [-0.2, -0.15) is 0 Å². The number of hydrogen-bond donors (Lipinski definition) is 1. The van der Waals surface area contributed by atoms with Gasteiger partial charge in [0.25, 0.3) is 0 Å². The second-order valence-electron chi connectivity index (χ2n) is 5.28. The summed E-state index contributed by atoms with van der Waals surface area (Å²) in [5, 5.41) is 3.46. The molecule has 0 amide bonds. The number of unbranched alkanes of at least 4 members (excludes halogenated alkanes) is 3. The molecule has 1 N–H and O–H groups in total. The first-order valence-electron chi connectivity index (χ1n) is 6.22. The lowest BCUT2D eigenvalue weighted by Crippen LogP contribution is -2.35. The van der Waals surface area contributed by atoms with E-state index in [0.717, 1.165) is 17.1 Å². The minimum Gasteiger partial charge on any atom is -0.331 e. The molecule has 0 aromatic rings. The van der Waals surface area contributed by atoms with Gasteiger partial charge in [0.1, 0.15) is 0 Å². The Morgan fingerprint density at radius 3 is 2.07 bits per heavy atom. The Hall–Kier alpha value is 0.137. The summed E-state index contributed by atoms with van der Waals surface area (Å²) in [7, 11) is 10.3. The van der Waals surface area contributed by atoms with E-state index in [4.69, 9.17) is 0 Å². The molecule has 0 saturated heterocycles. The first-order chi connectivity index (χ1) is 7.06. The van der Waals surface area contributed by atoms with Crippen molar-refractivity contribution in [2.24, 2.45) is 0 Å². The molecule has 0 saturated carbocycles. The van der Waals surface area contributed by atoms with E-state index in [9.17, 15) is 0 Å². The topological polar surface area (TPSA) is 12.0 Å². The van der Waals surface area contributed by atoms with Gasteiger partial charge in [0.15, 0.2) is 0 Å². The largest absolute Gasteiger partial charge is 0.331 e. The number of quaternary nitrogens is 1. The molecule has 3 radical (unpaired) electrons. The van der Waals surface area contributed by atoms with Gasteiger partial charge in [-0.05, 0) is 38.8 Å². The second kappa shape index (κ2) is 9.37. The van der Waals surface area contributed by atoms with Crippen molar-refractivity contribution >= 4 is 10.2 Å². The molecule has 0 heterocycles. The molecule has 0 aliphatic carbocycles. The van der Waals surface area contributed by atoms with Crippen LogP contribution in [0.2, 0.25) is 6.04 Å². The van der Waals surface area contributed by atoms with Crippen LogP contribution in [0.3, 0.4) is 0 Å². The molecule has 3 heteroatoms. The number of nitrogens with zero attached hydrogens (tertiary/aromatic N) is 1. The SMILES string of the molecule is C[N+](C)(C)CCCCCCNCCC[Si]. The Balaban J connectivity index is 2.99. The Kier molecular flexibility index (Phi) is 9.45. The molecule has 0 atom stereocenters. The average Bonchev–Trinajstić information content (AvgIpc) is 2.14. The molecular weight excluding hydrogens is 200 g/mol. The Bertz CT molecular complexity index is 132. The van der Waals surface area contributed by atoms with E-state index >= 15 is 0 Å². The molecule has 2 nitrogen and oxygen atoms in total. The van der Waals surface area contributed by atoms with E-state index in [1.165, 1.54) is 45.2 Å². The van der Waals surface area contributed by atoms with E-state index in [-0.39, 0.29) is 0 Å². The van der Waals surface area contributed by atoms with Crippen molar-refractivity contribution in [3.8, 4) is 0 Å². The lowest BCUT2D eigenvalue weighted by atomic mass is 10.2.